The topological polar surface area (TPSA) is 76.0 Å². The van der Waals surface area contributed by atoms with Crippen LogP contribution in [0.1, 0.15) is 12.5 Å². The fraction of sp³-hybridized carbons (Fsp3) is 0.150. The van der Waals surface area contributed by atoms with Gasteiger partial charge in [-0.2, -0.15) is 5.10 Å². The molecule has 6 nitrogen and oxygen atoms in total. The van der Waals surface area contributed by atoms with E-state index < -0.39 is 10.7 Å². The maximum absolute atomic E-state index is 13.3. The number of carbonyl (C=O) groups is 2. The first-order valence-electron chi connectivity index (χ1n) is 8.63. The number of hydrogen-bond acceptors (Lipinski definition) is 4. The van der Waals surface area contributed by atoms with E-state index in [2.05, 4.69) is 15.7 Å². The van der Waals surface area contributed by atoms with Crippen LogP contribution in [0, 0.1) is 5.82 Å². The molecule has 0 saturated carbocycles. The lowest BCUT2D eigenvalue weighted by molar-refractivity contribution is -0.126. The molecule has 2 N–H and O–H groups in total. The number of anilines is 2. The van der Waals surface area contributed by atoms with Gasteiger partial charge in [0.2, 0.25) is 5.91 Å². The molecular weight excluding hydrogens is 379 g/mol. The second-order valence-electron chi connectivity index (χ2n) is 6.57. The predicted octanol–water partition coefficient (Wildman–Crippen LogP) is 3.51. The van der Waals surface area contributed by atoms with Gasteiger partial charge >= 0.3 is 0 Å². The third kappa shape index (κ3) is 3.50. The van der Waals surface area contributed by atoms with Gasteiger partial charge in [-0.25, -0.2) is 4.39 Å². The summed E-state index contributed by atoms with van der Waals surface area (Å²) in [5.74, 6) is -0.824. The van der Waals surface area contributed by atoms with Crippen LogP contribution in [0.3, 0.4) is 0 Å². The Morgan fingerprint density at radius 1 is 1.25 bits per heavy atom. The quantitative estimate of drug-likeness (QED) is 0.662. The van der Waals surface area contributed by atoms with Crippen LogP contribution in [-0.4, -0.2) is 26.3 Å². The van der Waals surface area contributed by atoms with Gasteiger partial charge in [0.15, 0.2) is 10.6 Å². The van der Waals surface area contributed by atoms with Crippen LogP contribution in [0.25, 0.3) is 0 Å². The summed E-state index contributed by atoms with van der Waals surface area (Å²) in [7, 11) is 0. The van der Waals surface area contributed by atoms with E-state index in [1.165, 1.54) is 23.9 Å². The molecule has 0 spiro atoms. The van der Waals surface area contributed by atoms with Gasteiger partial charge in [0.25, 0.3) is 5.91 Å². The monoisotopic (exact) mass is 396 g/mol. The summed E-state index contributed by atoms with van der Waals surface area (Å²) >= 11 is 1.21. The molecule has 2 amide bonds. The Hall–Kier alpha value is -3.13. The van der Waals surface area contributed by atoms with E-state index in [4.69, 9.17) is 0 Å². The zero-order valence-electron chi connectivity index (χ0n) is 15.0. The fourth-order valence-electron chi connectivity index (χ4n) is 2.89. The highest BCUT2D eigenvalue weighted by Crippen LogP contribution is 2.42. The Kier molecular flexibility index (Phi) is 4.64. The molecule has 28 heavy (non-hydrogen) atoms. The molecule has 1 aliphatic rings. The molecular formula is C20H17FN4O2S. The summed E-state index contributed by atoms with van der Waals surface area (Å²) in [6.07, 6.45) is 1.69. The molecule has 0 bridgehead atoms. The number of aromatic nitrogens is 2. The lowest BCUT2D eigenvalue weighted by Crippen LogP contribution is -2.49. The van der Waals surface area contributed by atoms with E-state index in [-0.39, 0.29) is 11.7 Å². The molecule has 142 valence electrons. The van der Waals surface area contributed by atoms with Gasteiger partial charge in [0.05, 0.1) is 12.2 Å². The summed E-state index contributed by atoms with van der Waals surface area (Å²) in [6, 6.07) is 15.2. The van der Waals surface area contributed by atoms with Crippen LogP contribution in [-0.2, 0) is 16.1 Å². The number of para-hydroxylation sites is 1. The van der Waals surface area contributed by atoms with Crippen molar-refractivity contribution < 1.29 is 14.0 Å². The van der Waals surface area contributed by atoms with E-state index in [9.17, 15) is 14.0 Å². The molecule has 1 unspecified atom stereocenters. The number of amides is 2. The standard InChI is InChI=1S/C20H17FN4O2S/c1-20(18(26)22-15-7-2-3-8-16(15)28-20)19(27)23-17-9-10-25(24-17)12-13-5-4-6-14(21)11-13/h2-11H,12H2,1H3,(H,22,26)(H,23,24,27). The van der Waals surface area contributed by atoms with Gasteiger partial charge in [0.1, 0.15) is 5.82 Å². The van der Waals surface area contributed by atoms with E-state index in [1.807, 2.05) is 18.2 Å². The van der Waals surface area contributed by atoms with Crippen molar-refractivity contribution in [3.8, 4) is 0 Å². The van der Waals surface area contributed by atoms with Crippen molar-refractivity contribution in [3.05, 3.63) is 72.2 Å². The lowest BCUT2D eigenvalue weighted by atomic mass is 10.1. The van der Waals surface area contributed by atoms with Crippen LogP contribution in [0.5, 0.6) is 0 Å². The fourth-order valence-corrected chi connectivity index (χ4v) is 3.99. The van der Waals surface area contributed by atoms with Gasteiger partial charge < -0.3 is 10.6 Å². The van der Waals surface area contributed by atoms with Crippen molar-refractivity contribution in [1.29, 1.82) is 0 Å². The molecule has 3 aromatic rings. The van der Waals surface area contributed by atoms with Crippen molar-refractivity contribution in [1.82, 2.24) is 9.78 Å². The largest absolute Gasteiger partial charge is 0.323 e. The maximum Gasteiger partial charge on any atom is 0.251 e. The first-order valence-corrected chi connectivity index (χ1v) is 9.44. The highest BCUT2D eigenvalue weighted by atomic mass is 32.2. The first kappa shape index (κ1) is 18.2. The Bertz CT molecular complexity index is 1070. The number of nitrogens with one attached hydrogen (secondary N) is 2. The molecule has 0 saturated heterocycles. The highest BCUT2D eigenvalue weighted by Gasteiger charge is 2.46. The van der Waals surface area contributed by atoms with Gasteiger partial charge in [-0.05, 0) is 36.8 Å². The number of rotatable bonds is 4. The number of fused-ring (bicyclic) bond motifs is 1. The number of hydrogen-bond donors (Lipinski definition) is 2. The molecule has 4 rings (SSSR count). The van der Waals surface area contributed by atoms with Crippen LogP contribution in [0.15, 0.2) is 65.7 Å². The SMILES string of the molecule is CC1(C(=O)Nc2ccn(Cc3cccc(F)c3)n2)Sc2ccccc2NC1=O. The van der Waals surface area contributed by atoms with Crippen LogP contribution in [0.2, 0.25) is 0 Å². The maximum atomic E-state index is 13.3. The molecule has 2 heterocycles. The minimum atomic E-state index is -1.32. The number of benzene rings is 2. The van der Waals surface area contributed by atoms with Gasteiger partial charge in [-0.3, -0.25) is 14.3 Å². The molecule has 0 fully saturated rings. The van der Waals surface area contributed by atoms with Crippen LogP contribution in [0.4, 0.5) is 15.9 Å². The van der Waals surface area contributed by atoms with Crippen LogP contribution >= 0.6 is 11.8 Å². The Morgan fingerprint density at radius 3 is 2.89 bits per heavy atom. The number of nitrogens with zero attached hydrogens (tertiary/aromatic N) is 2. The number of halogens is 1. The first-order chi connectivity index (χ1) is 13.4. The van der Waals surface area contributed by atoms with Gasteiger partial charge in [-0.1, -0.05) is 36.0 Å². The number of thioether (sulfide) groups is 1. The van der Waals surface area contributed by atoms with Crippen molar-refractivity contribution in [2.45, 2.75) is 23.1 Å². The second-order valence-corrected chi connectivity index (χ2v) is 8.03. The molecule has 0 radical (unpaired) electrons. The summed E-state index contributed by atoms with van der Waals surface area (Å²) in [5.41, 5.74) is 1.45. The van der Waals surface area contributed by atoms with Crippen molar-refractivity contribution >= 4 is 35.1 Å². The Morgan fingerprint density at radius 2 is 2.07 bits per heavy atom. The summed E-state index contributed by atoms with van der Waals surface area (Å²) in [4.78, 5) is 26.2. The van der Waals surface area contributed by atoms with Gasteiger partial charge in [-0.15, -0.1) is 0 Å². The van der Waals surface area contributed by atoms with E-state index in [0.717, 1.165) is 10.5 Å². The summed E-state index contributed by atoms with van der Waals surface area (Å²) in [6.45, 7) is 1.95. The molecule has 2 aromatic carbocycles. The minimum absolute atomic E-state index is 0.313. The Labute approximate surface area is 165 Å². The minimum Gasteiger partial charge on any atom is -0.323 e. The second kappa shape index (κ2) is 7.12. The summed E-state index contributed by atoms with van der Waals surface area (Å²) in [5, 5.41) is 9.77. The predicted molar refractivity (Wildman–Crippen MR) is 106 cm³/mol. The van der Waals surface area contributed by atoms with Crippen molar-refractivity contribution in [2.24, 2.45) is 0 Å². The third-order valence-corrected chi connectivity index (χ3v) is 5.79. The van der Waals surface area contributed by atoms with E-state index in [0.29, 0.717) is 18.1 Å². The van der Waals surface area contributed by atoms with Crippen molar-refractivity contribution in [2.75, 3.05) is 10.6 Å². The smallest absolute Gasteiger partial charge is 0.251 e. The van der Waals surface area contributed by atoms with E-state index in [1.54, 1.807) is 42.1 Å². The normalized spacial score (nSPS) is 18.3. The lowest BCUT2D eigenvalue weighted by Gasteiger charge is -2.31. The van der Waals surface area contributed by atoms with Crippen molar-refractivity contribution in [3.63, 3.8) is 0 Å². The molecule has 1 aliphatic heterocycles. The average molecular weight is 396 g/mol. The molecule has 1 aromatic heterocycles. The van der Waals surface area contributed by atoms with E-state index >= 15 is 0 Å². The zero-order chi connectivity index (χ0) is 19.7. The molecule has 1 atom stereocenters. The third-order valence-electron chi connectivity index (χ3n) is 4.43. The van der Waals surface area contributed by atoms with Crippen LogP contribution < -0.4 is 10.6 Å². The average Bonchev–Trinajstić information content (AvgIpc) is 3.09. The zero-order valence-corrected chi connectivity index (χ0v) is 15.8. The summed E-state index contributed by atoms with van der Waals surface area (Å²) < 4.78 is 13.6. The highest BCUT2D eigenvalue weighted by molar-refractivity contribution is 8.02. The number of carbonyl (C=O) groups excluding carboxylic acids is 2. The van der Waals surface area contributed by atoms with Gasteiger partial charge in [0, 0.05) is 17.2 Å². The molecule has 8 heteroatoms. The molecule has 0 aliphatic carbocycles. The Balaban J connectivity index is 1.48.